The first-order valence-electron chi connectivity index (χ1n) is 10.9. The molecule has 2 heterocycles. The SMILES string of the molecule is Cc1ccc(/C=C/C(=O)Nc2sc3c(c2C(=O)NC2CCS(=O)(=O)C2)CCC(C)C3)cc1. The van der Waals surface area contributed by atoms with Crippen LogP contribution in [0.5, 0.6) is 0 Å². The van der Waals surface area contributed by atoms with Crippen molar-refractivity contribution in [2.75, 3.05) is 16.8 Å². The van der Waals surface area contributed by atoms with Gasteiger partial charge in [0.25, 0.3) is 5.91 Å². The molecule has 0 saturated carbocycles. The molecular weight excluding hydrogens is 444 g/mol. The van der Waals surface area contributed by atoms with Crippen molar-refractivity contribution in [1.82, 2.24) is 5.32 Å². The van der Waals surface area contributed by atoms with Crippen molar-refractivity contribution in [2.45, 2.75) is 45.6 Å². The molecule has 1 aromatic heterocycles. The molecule has 2 aliphatic rings. The van der Waals surface area contributed by atoms with E-state index in [-0.39, 0.29) is 29.4 Å². The fraction of sp³-hybridized carbons (Fsp3) is 0.417. The second-order valence-electron chi connectivity index (χ2n) is 8.86. The molecule has 6 nitrogen and oxygen atoms in total. The zero-order valence-electron chi connectivity index (χ0n) is 18.3. The Morgan fingerprint density at radius 1 is 1.16 bits per heavy atom. The van der Waals surface area contributed by atoms with Crippen LogP contribution in [0.2, 0.25) is 0 Å². The summed E-state index contributed by atoms with van der Waals surface area (Å²) in [6.45, 7) is 4.20. The average Bonchev–Trinajstić information content (AvgIpc) is 3.25. The molecule has 8 heteroatoms. The number of anilines is 1. The Hall–Kier alpha value is -2.45. The van der Waals surface area contributed by atoms with Crippen LogP contribution in [0.1, 0.15) is 51.7 Å². The highest BCUT2D eigenvalue weighted by Crippen LogP contribution is 2.39. The summed E-state index contributed by atoms with van der Waals surface area (Å²) in [5.41, 5.74) is 3.56. The molecule has 170 valence electrons. The average molecular weight is 473 g/mol. The number of hydrogen-bond donors (Lipinski definition) is 2. The molecule has 2 aromatic rings. The summed E-state index contributed by atoms with van der Waals surface area (Å²) in [5.74, 6) is 0.0157. The summed E-state index contributed by atoms with van der Waals surface area (Å²) >= 11 is 1.46. The lowest BCUT2D eigenvalue weighted by atomic mass is 9.88. The second kappa shape index (κ2) is 9.19. The van der Waals surface area contributed by atoms with Crippen molar-refractivity contribution in [2.24, 2.45) is 5.92 Å². The predicted molar refractivity (Wildman–Crippen MR) is 129 cm³/mol. The van der Waals surface area contributed by atoms with Gasteiger partial charge in [-0.25, -0.2) is 8.42 Å². The second-order valence-corrected chi connectivity index (χ2v) is 12.2. The van der Waals surface area contributed by atoms with E-state index in [0.29, 0.717) is 22.9 Å². The Bertz CT molecular complexity index is 1160. The lowest BCUT2D eigenvalue weighted by Crippen LogP contribution is -2.36. The minimum Gasteiger partial charge on any atom is -0.348 e. The summed E-state index contributed by atoms with van der Waals surface area (Å²) in [7, 11) is -3.09. The van der Waals surface area contributed by atoms with Gasteiger partial charge >= 0.3 is 0 Å². The molecule has 0 radical (unpaired) electrons. The molecule has 2 atom stereocenters. The van der Waals surface area contributed by atoms with Crippen molar-refractivity contribution in [1.29, 1.82) is 0 Å². The minimum atomic E-state index is -3.09. The Morgan fingerprint density at radius 3 is 2.59 bits per heavy atom. The van der Waals surface area contributed by atoms with E-state index in [1.165, 1.54) is 17.4 Å². The van der Waals surface area contributed by atoms with E-state index in [4.69, 9.17) is 0 Å². The summed E-state index contributed by atoms with van der Waals surface area (Å²) in [4.78, 5) is 26.9. The van der Waals surface area contributed by atoms with Crippen molar-refractivity contribution >= 4 is 44.1 Å². The molecule has 4 rings (SSSR count). The third-order valence-electron chi connectivity index (χ3n) is 6.05. The Labute approximate surface area is 193 Å². The predicted octanol–water partition coefficient (Wildman–Crippen LogP) is 3.75. The molecule has 0 bridgehead atoms. The molecule has 1 saturated heterocycles. The first-order chi connectivity index (χ1) is 15.2. The summed E-state index contributed by atoms with van der Waals surface area (Å²) in [6.07, 6.45) is 6.30. The summed E-state index contributed by atoms with van der Waals surface area (Å²) in [5, 5.41) is 6.34. The molecule has 1 aromatic carbocycles. The normalized spacial score (nSPS) is 21.9. The van der Waals surface area contributed by atoms with E-state index >= 15 is 0 Å². The number of sulfone groups is 1. The van der Waals surface area contributed by atoms with Gasteiger partial charge < -0.3 is 10.6 Å². The third-order valence-corrected chi connectivity index (χ3v) is 8.99. The van der Waals surface area contributed by atoms with Crippen LogP contribution in [0.4, 0.5) is 5.00 Å². The summed E-state index contributed by atoms with van der Waals surface area (Å²) < 4.78 is 23.6. The Morgan fingerprint density at radius 2 is 1.91 bits per heavy atom. The maximum absolute atomic E-state index is 13.2. The Balaban J connectivity index is 1.55. The standard InChI is InChI=1S/C24H28N2O4S2/c1-15-3-6-17(7-4-15)8-10-21(27)26-24-22(19-9-5-16(2)13-20(19)31-24)23(28)25-18-11-12-32(29,30)14-18/h3-4,6-8,10,16,18H,5,9,11-14H2,1-2H3,(H,25,28)(H,26,27)/b10-8+. The number of rotatable bonds is 5. The first kappa shape index (κ1) is 22.7. The van der Waals surface area contributed by atoms with Crippen LogP contribution in [0.15, 0.2) is 30.3 Å². The fourth-order valence-corrected chi connectivity index (χ4v) is 7.33. The lowest BCUT2D eigenvalue weighted by Gasteiger charge is -2.19. The van der Waals surface area contributed by atoms with Gasteiger partial charge in [-0.15, -0.1) is 11.3 Å². The molecule has 0 spiro atoms. The van der Waals surface area contributed by atoms with Crippen LogP contribution in [-0.4, -0.2) is 37.8 Å². The van der Waals surface area contributed by atoms with E-state index < -0.39 is 9.84 Å². The molecule has 2 N–H and O–H groups in total. The van der Waals surface area contributed by atoms with E-state index in [9.17, 15) is 18.0 Å². The van der Waals surface area contributed by atoms with Crippen LogP contribution in [-0.2, 0) is 27.5 Å². The highest BCUT2D eigenvalue weighted by Gasteiger charge is 2.32. The highest BCUT2D eigenvalue weighted by molar-refractivity contribution is 7.91. The largest absolute Gasteiger partial charge is 0.348 e. The number of hydrogen-bond acceptors (Lipinski definition) is 5. The number of thiophene rings is 1. The maximum Gasteiger partial charge on any atom is 0.254 e. The number of fused-ring (bicyclic) bond motifs is 1. The molecule has 32 heavy (non-hydrogen) atoms. The Kier molecular flexibility index (Phi) is 6.53. The number of benzene rings is 1. The van der Waals surface area contributed by atoms with E-state index in [2.05, 4.69) is 17.6 Å². The molecule has 2 unspecified atom stereocenters. The monoisotopic (exact) mass is 472 g/mol. The van der Waals surface area contributed by atoms with E-state index in [1.807, 2.05) is 31.2 Å². The van der Waals surface area contributed by atoms with Gasteiger partial charge in [0.2, 0.25) is 5.91 Å². The van der Waals surface area contributed by atoms with Gasteiger partial charge in [0, 0.05) is 17.0 Å². The highest BCUT2D eigenvalue weighted by atomic mass is 32.2. The molecular formula is C24H28N2O4S2. The van der Waals surface area contributed by atoms with Crippen LogP contribution in [0, 0.1) is 12.8 Å². The number of nitrogens with one attached hydrogen (secondary N) is 2. The van der Waals surface area contributed by atoms with E-state index in [1.54, 1.807) is 6.08 Å². The minimum absolute atomic E-state index is 0.0247. The molecule has 2 amide bonds. The van der Waals surface area contributed by atoms with Crippen LogP contribution >= 0.6 is 11.3 Å². The lowest BCUT2D eigenvalue weighted by molar-refractivity contribution is -0.111. The van der Waals surface area contributed by atoms with Gasteiger partial charge in [-0.3, -0.25) is 9.59 Å². The van der Waals surface area contributed by atoms with Crippen LogP contribution in [0.25, 0.3) is 6.08 Å². The zero-order chi connectivity index (χ0) is 22.9. The molecule has 1 aliphatic carbocycles. The molecule has 1 fully saturated rings. The number of carbonyl (C=O) groups is 2. The zero-order valence-corrected chi connectivity index (χ0v) is 19.9. The van der Waals surface area contributed by atoms with Gasteiger partial charge in [-0.1, -0.05) is 36.8 Å². The van der Waals surface area contributed by atoms with Gasteiger partial charge in [0.15, 0.2) is 9.84 Å². The smallest absolute Gasteiger partial charge is 0.254 e. The quantitative estimate of drug-likeness (QED) is 0.649. The third kappa shape index (κ3) is 5.30. The van der Waals surface area contributed by atoms with Gasteiger partial charge in [-0.2, -0.15) is 0 Å². The summed E-state index contributed by atoms with van der Waals surface area (Å²) in [6, 6.07) is 7.48. The number of carbonyl (C=O) groups excluding carboxylic acids is 2. The van der Waals surface area contributed by atoms with Crippen LogP contribution < -0.4 is 10.6 Å². The fourth-order valence-electron chi connectivity index (χ4n) is 4.25. The van der Waals surface area contributed by atoms with Crippen molar-refractivity contribution < 1.29 is 18.0 Å². The maximum atomic E-state index is 13.2. The van der Waals surface area contributed by atoms with Gasteiger partial charge in [-0.05, 0) is 55.7 Å². The van der Waals surface area contributed by atoms with Gasteiger partial charge in [0.05, 0.1) is 17.1 Å². The van der Waals surface area contributed by atoms with Crippen molar-refractivity contribution in [3.05, 3.63) is 57.5 Å². The topological polar surface area (TPSA) is 92.3 Å². The van der Waals surface area contributed by atoms with Crippen LogP contribution in [0.3, 0.4) is 0 Å². The number of amides is 2. The van der Waals surface area contributed by atoms with Crippen molar-refractivity contribution in [3.63, 3.8) is 0 Å². The first-order valence-corrected chi connectivity index (χ1v) is 13.6. The van der Waals surface area contributed by atoms with Crippen molar-refractivity contribution in [3.8, 4) is 0 Å². The molecule has 1 aliphatic heterocycles. The van der Waals surface area contributed by atoms with E-state index in [0.717, 1.165) is 40.8 Å². The van der Waals surface area contributed by atoms with Gasteiger partial charge in [0.1, 0.15) is 5.00 Å². The number of aryl methyl sites for hydroxylation is 1.